The Kier molecular flexibility index (Phi) is 5.08. The number of rotatable bonds is 3. The van der Waals surface area contributed by atoms with E-state index in [1.165, 1.54) is 17.0 Å². The summed E-state index contributed by atoms with van der Waals surface area (Å²) in [5.41, 5.74) is 1.48. The van der Waals surface area contributed by atoms with E-state index in [1.54, 1.807) is 23.3 Å². The van der Waals surface area contributed by atoms with Crippen molar-refractivity contribution >= 4 is 17.2 Å². The summed E-state index contributed by atoms with van der Waals surface area (Å²) < 4.78 is 43.8. The molecule has 0 saturated carbocycles. The molecule has 3 aromatic rings. The number of hydrogen-bond acceptors (Lipinski definition) is 3. The van der Waals surface area contributed by atoms with E-state index in [0.717, 1.165) is 35.4 Å². The van der Waals surface area contributed by atoms with Gasteiger partial charge in [-0.25, -0.2) is 0 Å². The Morgan fingerprint density at radius 1 is 1.07 bits per heavy atom. The van der Waals surface area contributed by atoms with Gasteiger partial charge in [-0.15, -0.1) is 11.3 Å². The number of carbonyl (C=O) groups excluding carboxylic acids is 1. The summed E-state index contributed by atoms with van der Waals surface area (Å²) in [4.78, 5) is 16.2. The number of fused-ring (bicyclic) bond motifs is 1. The van der Waals surface area contributed by atoms with Crippen molar-refractivity contribution in [2.24, 2.45) is 0 Å². The van der Waals surface area contributed by atoms with Crippen LogP contribution >= 0.6 is 11.3 Å². The molecule has 1 atom stereocenters. The molecule has 7 heteroatoms. The standard InChI is InChI=1S/C22H18F3NO2S/c1-28-17-8-4-14(5-9-17)20-18-11-13-29-19(18)10-12-26(20)21(27)15-2-6-16(7-3-15)22(23,24)25/h2-9,11,13,20H,10,12H2,1H3/t20-/m0/s1. The van der Waals surface area contributed by atoms with Crippen LogP contribution in [0.25, 0.3) is 0 Å². The molecule has 4 rings (SSSR count). The zero-order valence-corrected chi connectivity index (χ0v) is 16.4. The van der Waals surface area contributed by atoms with E-state index >= 15 is 0 Å². The number of nitrogens with zero attached hydrogens (tertiary/aromatic N) is 1. The number of methoxy groups -OCH3 is 1. The third-order valence-electron chi connectivity index (χ3n) is 5.12. The van der Waals surface area contributed by atoms with Gasteiger partial charge in [0.15, 0.2) is 0 Å². The van der Waals surface area contributed by atoms with Gasteiger partial charge in [-0.2, -0.15) is 13.2 Å². The largest absolute Gasteiger partial charge is 0.497 e. The lowest BCUT2D eigenvalue weighted by Gasteiger charge is -2.36. The summed E-state index contributed by atoms with van der Waals surface area (Å²) >= 11 is 1.66. The smallest absolute Gasteiger partial charge is 0.416 e. The number of hydrogen-bond donors (Lipinski definition) is 0. The minimum Gasteiger partial charge on any atom is -0.497 e. The topological polar surface area (TPSA) is 29.5 Å². The first kappa shape index (κ1) is 19.5. The molecule has 0 N–H and O–H groups in total. The van der Waals surface area contributed by atoms with Crippen LogP contribution < -0.4 is 4.74 Å². The molecule has 1 aliphatic heterocycles. The van der Waals surface area contributed by atoms with E-state index in [1.807, 2.05) is 35.7 Å². The fourth-order valence-electron chi connectivity index (χ4n) is 3.65. The van der Waals surface area contributed by atoms with E-state index in [4.69, 9.17) is 4.74 Å². The minimum atomic E-state index is -4.43. The van der Waals surface area contributed by atoms with E-state index in [-0.39, 0.29) is 17.5 Å². The lowest BCUT2D eigenvalue weighted by atomic mass is 9.92. The van der Waals surface area contributed by atoms with E-state index in [2.05, 4.69) is 0 Å². The Morgan fingerprint density at radius 2 is 1.76 bits per heavy atom. The fraction of sp³-hybridized carbons (Fsp3) is 0.227. The van der Waals surface area contributed by atoms with Gasteiger partial charge < -0.3 is 9.64 Å². The molecule has 0 radical (unpaired) electrons. The molecule has 29 heavy (non-hydrogen) atoms. The number of amides is 1. The molecule has 0 aliphatic carbocycles. The predicted octanol–water partition coefficient (Wildman–Crippen LogP) is 5.56. The van der Waals surface area contributed by atoms with Gasteiger partial charge in [-0.1, -0.05) is 12.1 Å². The Hall–Kier alpha value is -2.80. The zero-order valence-electron chi connectivity index (χ0n) is 15.6. The Balaban J connectivity index is 1.70. The summed E-state index contributed by atoms with van der Waals surface area (Å²) in [6.45, 7) is 0.504. The minimum absolute atomic E-state index is 0.246. The third-order valence-corrected chi connectivity index (χ3v) is 6.11. The van der Waals surface area contributed by atoms with Crippen LogP contribution in [-0.4, -0.2) is 24.5 Å². The first-order valence-electron chi connectivity index (χ1n) is 9.07. The maximum Gasteiger partial charge on any atom is 0.416 e. The van der Waals surface area contributed by atoms with Crippen molar-refractivity contribution in [1.29, 1.82) is 0 Å². The van der Waals surface area contributed by atoms with Crippen molar-refractivity contribution in [3.05, 3.63) is 87.1 Å². The second kappa shape index (κ2) is 7.55. The molecule has 0 spiro atoms. The second-order valence-electron chi connectivity index (χ2n) is 6.80. The van der Waals surface area contributed by atoms with Gasteiger partial charge in [-0.3, -0.25) is 4.79 Å². The van der Waals surface area contributed by atoms with Gasteiger partial charge in [0.2, 0.25) is 0 Å². The first-order chi connectivity index (χ1) is 13.9. The summed E-state index contributed by atoms with van der Waals surface area (Å²) in [5.74, 6) is 0.437. The number of carbonyl (C=O) groups is 1. The molecular weight excluding hydrogens is 399 g/mol. The highest BCUT2D eigenvalue weighted by atomic mass is 32.1. The third kappa shape index (κ3) is 3.74. The van der Waals surface area contributed by atoms with Crippen molar-refractivity contribution in [3.8, 4) is 5.75 Å². The van der Waals surface area contributed by atoms with Crippen molar-refractivity contribution in [3.63, 3.8) is 0 Å². The van der Waals surface area contributed by atoms with Crippen LogP contribution in [0.1, 0.15) is 38.0 Å². The van der Waals surface area contributed by atoms with Crippen LogP contribution in [0.15, 0.2) is 60.0 Å². The lowest BCUT2D eigenvalue weighted by molar-refractivity contribution is -0.137. The van der Waals surface area contributed by atoms with Gasteiger partial charge in [0.1, 0.15) is 5.75 Å². The van der Waals surface area contributed by atoms with E-state index in [9.17, 15) is 18.0 Å². The van der Waals surface area contributed by atoms with Crippen molar-refractivity contribution in [1.82, 2.24) is 4.90 Å². The monoisotopic (exact) mass is 417 g/mol. The van der Waals surface area contributed by atoms with Gasteiger partial charge in [0, 0.05) is 17.0 Å². The van der Waals surface area contributed by atoms with Gasteiger partial charge in [0.05, 0.1) is 18.7 Å². The van der Waals surface area contributed by atoms with Crippen LogP contribution in [-0.2, 0) is 12.6 Å². The normalized spacial score (nSPS) is 16.4. The summed E-state index contributed by atoms with van der Waals surface area (Å²) in [6.07, 6.45) is -3.70. The Labute approximate surface area is 170 Å². The Morgan fingerprint density at radius 3 is 2.38 bits per heavy atom. The van der Waals surface area contributed by atoms with Crippen molar-refractivity contribution < 1.29 is 22.7 Å². The molecule has 1 aromatic heterocycles. The molecule has 0 unspecified atom stereocenters. The van der Waals surface area contributed by atoms with Crippen LogP contribution in [0, 0.1) is 0 Å². The molecular formula is C22H18F3NO2S. The fourth-order valence-corrected chi connectivity index (χ4v) is 4.55. The van der Waals surface area contributed by atoms with Gasteiger partial charge >= 0.3 is 6.18 Å². The first-order valence-corrected chi connectivity index (χ1v) is 9.95. The highest BCUT2D eigenvalue weighted by molar-refractivity contribution is 7.10. The van der Waals surface area contributed by atoms with Crippen LogP contribution in [0.2, 0.25) is 0 Å². The number of alkyl halides is 3. The maximum absolute atomic E-state index is 13.2. The lowest BCUT2D eigenvalue weighted by Crippen LogP contribution is -2.40. The van der Waals surface area contributed by atoms with Gasteiger partial charge in [-0.05, 0) is 65.4 Å². The summed E-state index contributed by atoms with van der Waals surface area (Å²) in [5, 5.41) is 2.01. The average molecular weight is 417 g/mol. The zero-order chi connectivity index (χ0) is 20.6. The highest BCUT2D eigenvalue weighted by Crippen LogP contribution is 2.39. The van der Waals surface area contributed by atoms with Crippen LogP contribution in [0.4, 0.5) is 13.2 Å². The highest BCUT2D eigenvalue weighted by Gasteiger charge is 2.34. The molecule has 0 bridgehead atoms. The van der Waals surface area contributed by atoms with E-state index < -0.39 is 11.7 Å². The molecule has 150 valence electrons. The van der Waals surface area contributed by atoms with E-state index in [0.29, 0.717) is 6.54 Å². The van der Waals surface area contributed by atoms with Crippen LogP contribution in [0.5, 0.6) is 5.75 Å². The average Bonchev–Trinajstić information content (AvgIpc) is 3.21. The second-order valence-corrected chi connectivity index (χ2v) is 7.80. The predicted molar refractivity (Wildman–Crippen MR) is 105 cm³/mol. The maximum atomic E-state index is 13.2. The molecule has 1 amide bonds. The Bertz CT molecular complexity index is 1010. The molecule has 0 saturated heterocycles. The molecule has 2 heterocycles. The molecule has 1 aliphatic rings. The van der Waals surface area contributed by atoms with Crippen molar-refractivity contribution in [2.45, 2.75) is 18.6 Å². The SMILES string of the molecule is COc1ccc([C@H]2c3ccsc3CCN2C(=O)c2ccc(C(F)(F)F)cc2)cc1. The quantitative estimate of drug-likeness (QED) is 0.558. The number of thiophene rings is 1. The van der Waals surface area contributed by atoms with Gasteiger partial charge in [0.25, 0.3) is 5.91 Å². The summed E-state index contributed by atoms with van der Waals surface area (Å²) in [7, 11) is 1.59. The number of ether oxygens (including phenoxy) is 1. The molecule has 2 aromatic carbocycles. The number of halogens is 3. The number of benzene rings is 2. The van der Waals surface area contributed by atoms with Crippen LogP contribution in [0.3, 0.4) is 0 Å². The molecule has 3 nitrogen and oxygen atoms in total. The summed E-state index contributed by atoms with van der Waals surface area (Å²) in [6, 6.07) is 13.7. The molecule has 0 fully saturated rings. The van der Waals surface area contributed by atoms with Crippen molar-refractivity contribution in [2.75, 3.05) is 13.7 Å².